The van der Waals surface area contributed by atoms with Crippen LogP contribution in [-0.4, -0.2) is 33.0 Å². The minimum atomic E-state index is -3.47. The number of ether oxygens (including phenoxy) is 2. The van der Waals surface area contributed by atoms with Gasteiger partial charge in [-0.05, 0) is 56.9 Å². The summed E-state index contributed by atoms with van der Waals surface area (Å²) in [6.45, 7) is 4.10. The van der Waals surface area contributed by atoms with Gasteiger partial charge in [0.25, 0.3) is 10.1 Å². The van der Waals surface area contributed by atoms with E-state index in [4.69, 9.17) is 13.7 Å². The summed E-state index contributed by atoms with van der Waals surface area (Å²) in [6.07, 6.45) is 5.04. The van der Waals surface area contributed by atoms with E-state index < -0.39 is 16.2 Å². The lowest BCUT2D eigenvalue weighted by atomic mass is 9.95. The Morgan fingerprint density at radius 1 is 1.09 bits per heavy atom. The van der Waals surface area contributed by atoms with Gasteiger partial charge in [0.2, 0.25) is 0 Å². The van der Waals surface area contributed by atoms with Gasteiger partial charge in [-0.15, -0.1) is 0 Å². The summed E-state index contributed by atoms with van der Waals surface area (Å²) in [6, 6.07) is 7.45. The van der Waals surface area contributed by atoms with Crippen LogP contribution in [-0.2, 0) is 14.3 Å². The van der Waals surface area contributed by atoms with Crippen molar-refractivity contribution in [1.29, 1.82) is 0 Å². The molecule has 1 saturated carbocycles. The fraction of sp³-hybridized carbons (Fsp3) is 0.647. The van der Waals surface area contributed by atoms with E-state index in [1.54, 1.807) is 0 Å². The first-order valence-corrected chi connectivity index (χ1v) is 10.0. The molecular formula is C17H26O5S. The lowest BCUT2D eigenvalue weighted by Crippen LogP contribution is -2.38. The first kappa shape index (κ1) is 18.1. The van der Waals surface area contributed by atoms with Crippen LogP contribution in [0.4, 0.5) is 0 Å². The van der Waals surface area contributed by atoms with Crippen molar-refractivity contribution >= 4 is 10.1 Å². The van der Waals surface area contributed by atoms with Crippen LogP contribution >= 0.6 is 0 Å². The van der Waals surface area contributed by atoms with E-state index in [9.17, 15) is 8.42 Å². The average molecular weight is 342 g/mol. The van der Waals surface area contributed by atoms with Crippen molar-refractivity contribution in [2.75, 3.05) is 6.26 Å². The molecule has 0 amide bonds. The molecule has 1 aromatic carbocycles. The molecule has 1 aromatic rings. The highest BCUT2D eigenvalue weighted by atomic mass is 32.2. The summed E-state index contributed by atoms with van der Waals surface area (Å²) >= 11 is 0. The Labute approximate surface area is 139 Å². The van der Waals surface area contributed by atoms with Gasteiger partial charge >= 0.3 is 0 Å². The van der Waals surface area contributed by atoms with Crippen LogP contribution in [0.25, 0.3) is 0 Å². The van der Waals surface area contributed by atoms with Gasteiger partial charge in [-0.2, -0.15) is 8.42 Å². The molecule has 0 heterocycles. The Morgan fingerprint density at radius 2 is 1.65 bits per heavy atom. The summed E-state index contributed by atoms with van der Waals surface area (Å²) in [5.41, 5.74) is 0. The molecular weight excluding hydrogens is 316 g/mol. The van der Waals surface area contributed by atoms with Crippen LogP contribution in [0, 0.1) is 0 Å². The molecule has 3 atom stereocenters. The average Bonchev–Trinajstić information content (AvgIpc) is 2.49. The van der Waals surface area contributed by atoms with Crippen molar-refractivity contribution < 1.29 is 22.1 Å². The zero-order chi connectivity index (χ0) is 16.9. The van der Waals surface area contributed by atoms with Crippen molar-refractivity contribution in [2.45, 2.75) is 64.3 Å². The third-order valence-corrected chi connectivity index (χ3v) is 4.56. The van der Waals surface area contributed by atoms with Gasteiger partial charge in [-0.1, -0.05) is 13.3 Å². The summed E-state index contributed by atoms with van der Waals surface area (Å²) in [4.78, 5) is 0. The molecule has 1 aliphatic carbocycles. The van der Waals surface area contributed by atoms with E-state index >= 15 is 0 Å². The Hall–Kier alpha value is -1.27. The summed E-state index contributed by atoms with van der Waals surface area (Å²) in [5.74, 6) is 1.51. The molecule has 0 aliphatic heterocycles. The lowest BCUT2D eigenvalue weighted by molar-refractivity contribution is 0.0276. The highest BCUT2D eigenvalue weighted by molar-refractivity contribution is 7.86. The highest BCUT2D eigenvalue weighted by Crippen LogP contribution is 2.28. The molecule has 1 fully saturated rings. The molecule has 0 N–H and O–H groups in total. The highest BCUT2D eigenvalue weighted by Gasteiger charge is 2.30. The van der Waals surface area contributed by atoms with Gasteiger partial charge in [-0.3, -0.25) is 4.18 Å². The van der Waals surface area contributed by atoms with Gasteiger partial charge in [0.05, 0.1) is 12.4 Å². The quantitative estimate of drug-likeness (QED) is 0.709. The normalized spacial score (nSPS) is 23.3. The third-order valence-electron chi connectivity index (χ3n) is 3.96. The zero-order valence-electron chi connectivity index (χ0n) is 14.0. The van der Waals surface area contributed by atoms with Crippen LogP contribution in [0.5, 0.6) is 11.5 Å². The summed E-state index contributed by atoms with van der Waals surface area (Å²) in [7, 11) is -3.47. The van der Waals surface area contributed by atoms with Gasteiger partial charge in [-0.25, -0.2) is 0 Å². The molecule has 1 aliphatic rings. The van der Waals surface area contributed by atoms with Crippen molar-refractivity contribution in [3.05, 3.63) is 24.3 Å². The van der Waals surface area contributed by atoms with Crippen LogP contribution in [0.2, 0.25) is 0 Å². The molecule has 0 radical (unpaired) electrons. The Morgan fingerprint density at radius 3 is 2.22 bits per heavy atom. The molecule has 3 unspecified atom stereocenters. The van der Waals surface area contributed by atoms with Crippen molar-refractivity contribution in [1.82, 2.24) is 0 Å². The maximum Gasteiger partial charge on any atom is 0.264 e. The fourth-order valence-corrected chi connectivity index (χ4v) is 3.29. The summed E-state index contributed by atoms with van der Waals surface area (Å²) < 4.78 is 39.6. The first-order chi connectivity index (χ1) is 10.9. The number of hydrogen-bond acceptors (Lipinski definition) is 5. The molecule has 0 spiro atoms. The van der Waals surface area contributed by atoms with E-state index in [1.165, 1.54) is 0 Å². The molecule has 6 heteroatoms. The number of benzene rings is 1. The Kier molecular flexibility index (Phi) is 6.30. The maximum absolute atomic E-state index is 11.4. The SMILES string of the molecule is CCC(C)Oc1ccc(OC2CCCCC2OS(C)(=O)=O)cc1. The van der Waals surface area contributed by atoms with Gasteiger partial charge in [0.15, 0.2) is 0 Å². The monoisotopic (exact) mass is 342 g/mol. The second kappa shape index (κ2) is 8.02. The summed E-state index contributed by atoms with van der Waals surface area (Å²) in [5, 5.41) is 0. The first-order valence-electron chi connectivity index (χ1n) is 8.19. The van der Waals surface area contributed by atoms with E-state index in [2.05, 4.69) is 6.92 Å². The fourth-order valence-electron chi connectivity index (χ4n) is 2.62. The van der Waals surface area contributed by atoms with E-state index in [0.717, 1.165) is 37.7 Å². The largest absolute Gasteiger partial charge is 0.491 e. The Bertz CT molecular complexity index is 582. The minimum Gasteiger partial charge on any atom is -0.491 e. The second-order valence-corrected chi connectivity index (χ2v) is 7.69. The standard InChI is InChI=1S/C17H26O5S/c1-4-13(2)20-14-9-11-15(12-10-14)21-16-7-5-6-8-17(16)22-23(3,18)19/h9-13,16-17H,4-8H2,1-3H3. The van der Waals surface area contributed by atoms with Crippen molar-refractivity contribution in [3.8, 4) is 11.5 Å². The molecule has 5 nitrogen and oxygen atoms in total. The lowest BCUT2D eigenvalue weighted by Gasteiger charge is -2.30. The molecule has 0 aromatic heterocycles. The molecule has 0 bridgehead atoms. The van der Waals surface area contributed by atoms with Gasteiger partial charge in [0.1, 0.15) is 23.7 Å². The predicted octanol–water partition coefficient (Wildman–Crippen LogP) is 3.53. The van der Waals surface area contributed by atoms with Crippen LogP contribution in [0.1, 0.15) is 46.0 Å². The van der Waals surface area contributed by atoms with E-state index in [0.29, 0.717) is 12.2 Å². The maximum atomic E-state index is 11.4. The van der Waals surface area contributed by atoms with E-state index in [-0.39, 0.29) is 12.2 Å². The topological polar surface area (TPSA) is 61.8 Å². The van der Waals surface area contributed by atoms with Gasteiger partial charge < -0.3 is 9.47 Å². The number of hydrogen-bond donors (Lipinski definition) is 0. The Balaban J connectivity index is 1.98. The third kappa shape index (κ3) is 6.03. The minimum absolute atomic E-state index is 0.174. The van der Waals surface area contributed by atoms with E-state index in [1.807, 2.05) is 31.2 Å². The van der Waals surface area contributed by atoms with Gasteiger partial charge in [0, 0.05) is 0 Å². The van der Waals surface area contributed by atoms with Crippen LogP contribution in [0.15, 0.2) is 24.3 Å². The smallest absolute Gasteiger partial charge is 0.264 e. The van der Waals surface area contributed by atoms with Crippen molar-refractivity contribution in [3.63, 3.8) is 0 Å². The van der Waals surface area contributed by atoms with Crippen molar-refractivity contribution in [2.24, 2.45) is 0 Å². The molecule has 130 valence electrons. The second-order valence-electron chi connectivity index (χ2n) is 6.09. The zero-order valence-corrected chi connectivity index (χ0v) is 14.8. The molecule has 2 rings (SSSR count). The molecule has 23 heavy (non-hydrogen) atoms. The predicted molar refractivity (Wildman–Crippen MR) is 89.4 cm³/mol. The van der Waals surface area contributed by atoms with Crippen LogP contribution < -0.4 is 9.47 Å². The number of rotatable bonds is 7. The van der Waals surface area contributed by atoms with Crippen LogP contribution in [0.3, 0.4) is 0 Å². The molecule has 0 saturated heterocycles.